The van der Waals surface area contributed by atoms with Crippen molar-refractivity contribution in [1.82, 2.24) is 10.2 Å². The second-order valence-electron chi connectivity index (χ2n) is 4.84. The zero-order valence-electron chi connectivity index (χ0n) is 9.51. The highest BCUT2D eigenvalue weighted by Gasteiger charge is 2.27. The molecular weight excluding hydrogens is 160 g/mol. The highest BCUT2D eigenvalue weighted by molar-refractivity contribution is 4.83. The Bertz CT molecular complexity index is 143. The van der Waals surface area contributed by atoms with Crippen molar-refractivity contribution < 1.29 is 0 Å². The zero-order chi connectivity index (χ0) is 9.84. The van der Waals surface area contributed by atoms with E-state index < -0.39 is 0 Å². The lowest BCUT2D eigenvalue weighted by atomic mass is 9.78. The number of hydrogen-bond acceptors (Lipinski definition) is 2. The van der Waals surface area contributed by atoms with Crippen molar-refractivity contribution in [3.8, 4) is 0 Å². The topological polar surface area (TPSA) is 15.3 Å². The highest BCUT2D eigenvalue weighted by Crippen LogP contribution is 2.29. The van der Waals surface area contributed by atoms with E-state index in [0.29, 0.717) is 0 Å². The van der Waals surface area contributed by atoms with Gasteiger partial charge in [0.1, 0.15) is 0 Å². The Hall–Kier alpha value is -0.0800. The highest BCUT2D eigenvalue weighted by atomic mass is 15.1. The standard InChI is InChI=1S/C11H24N2/c1-9-5-6-11(12-2)10(7-9)8-13(3)4/h9-12H,5-8H2,1-4H3. The van der Waals surface area contributed by atoms with Gasteiger partial charge in [-0.15, -0.1) is 0 Å². The Kier molecular flexibility index (Phi) is 4.20. The molecule has 1 rings (SSSR count). The summed E-state index contributed by atoms with van der Waals surface area (Å²) >= 11 is 0. The minimum absolute atomic E-state index is 0.749. The van der Waals surface area contributed by atoms with E-state index in [1.807, 2.05) is 0 Å². The van der Waals surface area contributed by atoms with Gasteiger partial charge in [-0.1, -0.05) is 6.92 Å². The van der Waals surface area contributed by atoms with Gasteiger partial charge in [0.15, 0.2) is 0 Å². The SMILES string of the molecule is CNC1CCC(C)CC1CN(C)C. The normalized spacial score (nSPS) is 35.3. The molecule has 1 saturated carbocycles. The molecule has 0 amide bonds. The summed E-state index contributed by atoms with van der Waals surface area (Å²) in [6.07, 6.45) is 4.15. The molecule has 2 nitrogen and oxygen atoms in total. The molecule has 2 heteroatoms. The van der Waals surface area contributed by atoms with Crippen LogP contribution in [0.4, 0.5) is 0 Å². The van der Waals surface area contributed by atoms with Crippen LogP contribution in [0.2, 0.25) is 0 Å². The van der Waals surface area contributed by atoms with Crippen molar-refractivity contribution in [2.75, 3.05) is 27.7 Å². The summed E-state index contributed by atoms with van der Waals surface area (Å²) in [6.45, 7) is 3.62. The van der Waals surface area contributed by atoms with E-state index in [4.69, 9.17) is 0 Å². The number of hydrogen-bond donors (Lipinski definition) is 1. The van der Waals surface area contributed by atoms with Crippen LogP contribution in [-0.2, 0) is 0 Å². The van der Waals surface area contributed by atoms with Crippen LogP contribution in [0, 0.1) is 11.8 Å². The van der Waals surface area contributed by atoms with E-state index in [9.17, 15) is 0 Å². The lowest BCUT2D eigenvalue weighted by molar-refractivity contribution is 0.179. The van der Waals surface area contributed by atoms with Gasteiger partial charge in [0, 0.05) is 12.6 Å². The largest absolute Gasteiger partial charge is 0.317 e. The Balaban J connectivity index is 2.44. The number of rotatable bonds is 3. The Morgan fingerprint density at radius 2 is 2.00 bits per heavy atom. The average molecular weight is 184 g/mol. The zero-order valence-corrected chi connectivity index (χ0v) is 9.51. The second-order valence-corrected chi connectivity index (χ2v) is 4.84. The molecule has 1 fully saturated rings. The molecule has 0 aromatic rings. The van der Waals surface area contributed by atoms with E-state index in [2.05, 4.69) is 38.3 Å². The van der Waals surface area contributed by atoms with Crippen LogP contribution in [0.3, 0.4) is 0 Å². The fourth-order valence-corrected chi connectivity index (χ4v) is 2.55. The average Bonchev–Trinajstić information content (AvgIpc) is 2.03. The Morgan fingerprint density at radius 3 is 2.54 bits per heavy atom. The Morgan fingerprint density at radius 1 is 1.31 bits per heavy atom. The molecule has 0 heterocycles. The minimum Gasteiger partial charge on any atom is -0.317 e. The fraction of sp³-hybridized carbons (Fsp3) is 1.00. The second kappa shape index (κ2) is 4.97. The van der Waals surface area contributed by atoms with Crippen LogP contribution in [0.25, 0.3) is 0 Å². The van der Waals surface area contributed by atoms with Crippen molar-refractivity contribution in [3.05, 3.63) is 0 Å². The number of nitrogens with zero attached hydrogens (tertiary/aromatic N) is 1. The van der Waals surface area contributed by atoms with Gasteiger partial charge in [-0.2, -0.15) is 0 Å². The van der Waals surface area contributed by atoms with Crippen LogP contribution in [-0.4, -0.2) is 38.6 Å². The monoisotopic (exact) mass is 184 g/mol. The molecule has 3 unspecified atom stereocenters. The van der Waals surface area contributed by atoms with Gasteiger partial charge in [0.25, 0.3) is 0 Å². The molecule has 1 aliphatic rings. The van der Waals surface area contributed by atoms with E-state index in [0.717, 1.165) is 17.9 Å². The molecule has 0 aromatic carbocycles. The fourth-order valence-electron chi connectivity index (χ4n) is 2.55. The van der Waals surface area contributed by atoms with Gasteiger partial charge in [-0.05, 0) is 52.2 Å². The van der Waals surface area contributed by atoms with Gasteiger partial charge >= 0.3 is 0 Å². The molecule has 78 valence electrons. The first-order valence-corrected chi connectivity index (χ1v) is 5.45. The Labute approximate surface area is 82.7 Å². The lowest BCUT2D eigenvalue weighted by Gasteiger charge is -2.36. The maximum atomic E-state index is 3.45. The molecule has 0 spiro atoms. The first-order valence-electron chi connectivity index (χ1n) is 5.45. The predicted octanol–water partition coefficient (Wildman–Crippen LogP) is 1.57. The molecular formula is C11H24N2. The molecule has 0 bridgehead atoms. The van der Waals surface area contributed by atoms with E-state index in [1.54, 1.807) is 0 Å². The van der Waals surface area contributed by atoms with Crippen LogP contribution >= 0.6 is 0 Å². The number of nitrogens with one attached hydrogen (secondary N) is 1. The van der Waals surface area contributed by atoms with Crippen molar-refractivity contribution in [1.29, 1.82) is 0 Å². The van der Waals surface area contributed by atoms with Crippen molar-refractivity contribution in [2.24, 2.45) is 11.8 Å². The molecule has 0 aromatic heterocycles. The molecule has 3 atom stereocenters. The minimum atomic E-state index is 0.749. The maximum absolute atomic E-state index is 3.45. The van der Waals surface area contributed by atoms with Crippen LogP contribution in [0.15, 0.2) is 0 Å². The molecule has 0 aliphatic heterocycles. The van der Waals surface area contributed by atoms with E-state index >= 15 is 0 Å². The van der Waals surface area contributed by atoms with Crippen molar-refractivity contribution in [3.63, 3.8) is 0 Å². The summed E-state index contributed by atoms with van der Waals surface area (Å²) in [5.41, 5.74) is 0. The van der Waals surface area contributed by atoms with Gasteiger partial charge in [-0.25, -0.2) is 0 Å². The summed E-state index contributed by atoms with van der Waals surface area (Å²) in [7, 11) is 6.45. The third-order valence-corrected chi connectivity index (χ3v) is 3.22. The molecule has 13 heavy (non-hydrogen) atoms. The smallest absolute Gasteiger partial charge is 0.0105 e. The molecule has 0 radical (unpaired) electrons. The molecule has 0 saturated heterocycles. The summed E-state index contributed by atoms with van der Waals surface area (Å²) in [4.78, 5) is 2.31. The van der Waals surface area contributed by atoms with Gasteiger partial charge in [0.05, 0.1) is 0 Å². The lowest BCUT2D eigenvalue weighted by Crippen LogP contribution is -2.42. The molecule has 1 N–H and O–H groups in total. The first-order chi connectivity index (χ1) is 6.13. The van der Waals surface area contributed by atoms with Gasteiger partial charge in [-0.3, -0.25) is 0 Å². The van der Waals surface area contributed by atoms with Gasteiger partial charge in [0.2, 0.25) is 0 Å². The maximum Gasteiger partial charge on any atom is 0.0105 e. The van der Waals surface area contributed by atoms with Gasteiger partial charge < -0.3 is 10.2 Å². The van der Waals surface area contributed by atoms with Crippen molar-refractivity contribution in [2.45, 2.75) is 32.2 Å². The summed E-state index contributed by atoms with van der Waals surface area (Å²) in [5, 5.41) is 3.45. The van der Waals surface area contributed by atoms with Crippen LogP contribution < -0.4 is 5.32 Å². The van der Waals surface area contributed by atoms with E-state index in [-0.39, 0.29) is 0 Å². The van der Waals surface area contributed by atoms with Crippen LogP contribution in [0.5, 0.6) is 0 Å². The summed E-state index contributed by atoms with van der Waals surface area (Å²) in [6, 6.07) is 0.749. The molecule has 1 aliphatic carbocycles. The van der Waals surface area contributed by atoms with Crippen molar-refractivity contribution >= 4 is 0 Å². The quantitative estimate of drug-likeness (QED) is 0.716. The summed E-state index contributed by atoms with van der Waals surface area (Å²) in [5.74, 6) is 1.78. The first kappa shape index (κ1) is 11.0. The van der Waals surface area contributed by atoms with Crippen LogP contribution in [0.1, 0.15) is 26.2 Å². The van der Waals surface area contributed by atoms with E-state index in [1.165, 1.54) is 25.8 Å². The third kappa shape index (κ3) is 3.28. The third-order valence-electron chi connectivity index (χ3n) is 3.22. The predicted molar refractivity (Wildman–Crippen MR) is 57.9 cm³/mol. The summed E-state index contributed by atoms with van der Waals surface area (Å²) < 4.78 is 0.